The summed E-state index contributed by atoms with van der Waals surface area (Å²) in [6.07, 6.45) is 10.1. The van der Waals surface area contributed by atoms with Crippen molar-refractivity contribution in [2.75, 3.05) is 6.61 Å². The Kier molecular flexibility index (Phi) is 2.43. The maximum absolute atomic E-state index is 5.59. The average Bonchev–Trinajstić information content (AvgIpc) is 2.49. The molecule has 0 N–H and O–H groups in total. The van der Waals surface area contributed by atoms with E-state index in [2.05, 4.69) is 11.8 Å². The summed E-state index contributed by atoms with van der Waals surface area (Å²) < 4.78 is 10.4. The standard InChI is InChI=1S/C10H10O2/c1-5-10(6-2)11-7-9(12-10)8(3)4/h1-3,8-9H,7H2,4H3. The van der Waals surface area contributed by atoms with Gasteiger partial charge in [0, 0.05) is 0 Å². The molecule has 0 aromatic carbocycles. The van der Waals surface area contributed by atoms with Gasteiger partial charge in [-0.15, -0.1) is 12.8 Å². The van der Waals surface area contributed by atoms with Crippen molar-refractivity contribution in [3.05, 3.63) is 6.92 Å². The van der Waals surface area contributed by atoms with Gasteiger partial charge in [-0.3, -0.25) is 0 Å². The molecule has 2 atom stereocenters. The van der Waals surface area contributed by atoms with Crippen molar-refractivity contribution >= 4 is 0 Å². The highest BCUT2D eigenvalue weighted by Gasteiger charge is 2.39. The predicted octanol–water partition coefficient (Wildman–Crippen LogP) is 0.712. The van der Waals surface area contributed by atoms with E-state index in [-0.39, 0.29) is 12.0 Å². The van der Waals surface area contributed by atoms with Crippen LogP contribution in [0.2, 0.25) is 0 Å². The molecule has 0 aliphatic carbocycles. The fraction of sp³-hybridized carbons (Fsp3) is 0.500. The Morgan fingerprint density at radius 3 is 2.33 bits per heavy atom. The molecule has 2 unspecified atom stereocenters. The van der Waals surface area contributed by atoms with Crippen LogP contribution in [0.5, 0.6) is 0 Å². The molecule has 1 aliphatic rings. The molecule has 2 radical (unpaired) electrons. The predicted molar refractivity (Wildman–Crippen MR) is 44.7 cm³/mol. The first kappa shape index (κ1) is 9.13. The SMILES string of the molecule is [CH]C(C)C1COC(C#C)(C#C)O1. The van der Waals surface area contributed by atoms with Gasteiger partial charge in [-0.2, -0.15) is 0 Å². The van der Waals surface area contributed by atoms with E-state index in [9.17, 15) is 0 Å². The first-order chi connectivity index (χ1) is 5.63. The van der Waals surface area contributed by atoms with Crippen molar-refractivity contribution in [3.8, 4) is 24.7 Å². The summed E-state index contributed by atoms with van der Waals surface area (Å²) in [7, 11) is 0. The Balaban J connectivity index is 2.69. The third kappa shape index (κ3) is 1.46. The minimum Gasteiger partial charge on any atom is -0.327 e. The van der Waals surface area contributed by atoms with Crippen molar-refractivity contribution in [1.29, 1.82) is 0 Å². The molecule has 0 aromatic heterocycles. The van der Waals surface area contributed by atoms with Gasteiger partial charge < -0.3 is 9.47 Å². The molecule has 2 nitrogen and oxygen atoms in total. The van der Waals surface area contributed by atoms with Crippen molar-refractivity contribution in [3.63, 3.8) is 0 Å². The highest BCUT2D eigenvalue weighted by atomic mass is 16.7. The minimum absolute atomic E-state index is 0.131. The molecular weight excluding hydrogens is 152 g/mol. The quantitative estimate of drug-likeness (QED) is 0.529. The maximum Gasteiger partial charge on any atom is 0.300 e. The molecule has 62 valence electrons. The van der Waals surface area contributed by atoms with Crippen molar-refractivity contribution < 1.29 is 9.47 Å². The first-order valence-corrected chi connectivity index (χ1v) is 3.66. The lowest BCUT2D eigenvalue weighted by molar-refractivity contribution is -0.0774. The van der Waals surface area contributed by atoms with Gasteiger partial charge in [0.2, 0.25) is 0 Å². The molecule has 1 heterocycles. The van der Waals surface area contributed by atoms with Crippen LogP contribution < -0.4 is 0 Å². The third-order valence-corrected chi connectivity index (χ3v) is 1.73. The highest BCUT2D eigenvalue weighted by molar-refractivity contribution is 5.21. The Labute approximate surface area is 73.2 Å². The summed E-state index contributed by atoms with van der Waals surface area (Å²) in [5, 5.41) is 0. The number of terminal acetylenes is 2. The van der Waals surface area contributed by atoms with Gasteiger partial charge in [-0.05, 0) is 24.7 Å². The second kappa shape index (κ2) is 3.19. The molecule has 0 spiro atoms. The second-order valence-corrected chi connectivity index (χ2v) is 2.73. The largest absolute Gasteiger partial charge is 0.327 e. The number of rotatable bonds is 1. The zero-order valence-electron chi connectivity index (χ0n) is 6.91. The second-order valence-electron chi connectivity index (χ2n) is 2.73. The van der Waals surface area contributed by atoms with Gasteiger partial charge >= 0.3 is 5.79 Å². The lowest BCUT2D eigenvalue weighted by atomic mass is 10.1. The van der Waals surface area contributed by atoms with Crippen molar-refractivity contribution in [1.82, 2.24) is 0 Å². The Bertz CT molecular complexity index is 228. The van der Waals surface area contributed by atoms with Crippen molar-refractivity contribution in [2.45, 2.75) is 18.8 Å². The zero-order chi connectivity index (χ0) is 9.19. The Hall–Kier alpha value is -0.960. The van der Waals surface area contributed by atoms with E-state index in [4.69, 9.17) is 29.2 Å². The van der Waals surface area contributed by atoms with Gasteiger partial charge in [0.25, 0.3) is 0 Å². The van der Waals surface area contributed by atoms with Crippen LogP contribution in [0.4, 0.5) is 0 Å². The molecule has 1 aliphatic heterocycles. The van der Waals surface area contributed by atoms with Gasteiger partial charge in [-0.25, -0.2) is 0 Å². The summed E-state index contributed by atoms with van der Waals surface area (Å²) in [4.78, 5) is 0. The number of ether oxygens (including phenoxy) is 2. The maximum atomic E-state index is 5.59. The third-order valence-electron chi connectivity index (χ3n) is 1.73. The van der Waals surface area contributed by atoms with Gasteiger partial charge in [0.05, 0.1) is 12.7 Å². The fourth-order valence-electron chi connectivity index (χ4n) is 0.933. The normalized spacial score (nSPS) is 26.6. The van der Waals surface area contributed by atoms with E-state index in [1.807, 2.05) is 6.92 Å². The molecule has 2 heteroatoms. The van der Waals surface area contributed by atoms with E-state index in [1.54, 1.807) is 0 Å². The van der Waals surface area contributed by atoms with Crippen LogP contribution in [0.3, 0.4) is 0 Å². The Morgan fingerprint density at radius 1 is 1.50 bits per heavy atom. The molecule has 12 heavy (non-hydrogen) atoms. The minimum atomic E-state index is -1.29. The van der Waals surface area contributed by atoms with Crippen LogP contribution in [-0.4, -0.2) is 18.5 Å². The van der Waals surface area contributed by atoms with Crippen molar-refractivity contribution in [2.24, 2.45) is 5.92 Å². The van der Waals surface area contributed by atoms with E-state index < -0.39 is 5.79 Å². The van der Waals surface area contributed by atoms with Crippen LogP contribution in [0.25, 0.3) is 0 Å². The molecule has 1 rings (SSSR count). The van der Waals surface area contributed by atoms with Crippen LogP contribution in [0, 0.1) is 37.5 Å². The average molecular weight is 162 g/mol. The monoisotopic (exact) mass is 162 g/mol. The fourth-order valence-corrected chi connectivity index (χ4v) is 0.933. The van der Waals surface area contributed by atoms with Crippen LogP contribution in [-0.2, 0) is 9.47 Å². The summed E-state index contributed by atoms with van der Waals surface area (Å²) in [5.74, 6) is 3.13. The molecule has 0 bridgehead atoms. The molecule has 1 saturated heterocycles. The van der Waals surface area contributed by atoms with E-state index in [0.717, 1.165) is 0 Å². The first-order valence-electron chi connectivity index (χ1n) is 3.66. The van der Waals surface area contributed by atoms with E-state index >= 15 is 0 Å². The van der Waals surface area contributed by atoms with Crippen LogP contribution in [0.1, 0.15) is 6.92 Å². The number of hydrogen-bond donors (Lipinski definition) is 0. The van der Waals surface area contributed by atoms with Gasteiger partial charge in [-0.1, -0.05) is 6.92 Å². The zero-order valence-corrected chi connectivity index (χ0v) is 6.91. The number of hydrogen-bond acceptors (Lipinski definition) is 2. The van der Waals surface area contributed by atoms with E-state index in [1.165, 1.54) is 0 Å². The van der Waals surface area contributed by atoms with Gasteiger partial charge in [0.1, 0.15) is 0 Å². The van der Waals surface area contributed by atoms with Crippen LogP contribution in [0.15, 0.2) is 0 Å². The van der Waals surface area contributed by atoms with Crippen LogP contribution >= 0.6 is 0 Å². The molecule has 0 saturated carbocycles. The molecule has 0 aromatic rings. The molecular formula is C10H10O2. The summed E-state index contributed by atoms with van der Waals surface area (Å²) in [6.45, 7) is 7.76. The summed E-state index contributed by atoms with van der Waals surface area (Å²) >= 11 is 0. The van der Waals surface area contributed by atoms with Gasteiger partial charge in [0.15, 0.2) is 0 Å². The lowest BCUT2D eigenvalue weighted by Crippen LogP contribution is -2.27. The smallest absolute Gasteiger partial charge is 0.300 e. The molecule has 1 fully saturated rings. The summed E-state index contributed by atoms with van der Waals surface area (Å²) in [5.41, 5.74) is 0. The lowest BCUT2D eigenvalue weighted by Gasteiger charge is -2.16. The Morgan fingerprint density at radius 2 is 2.08 bits per heavy atom. The highest BCUT2D eigenvalue weighted by Crippen LogP contribution is 2.25. The topological polar surface area (TPSA) is 18.5 Å². The molecule has 0 amide bonds. The summed E-state index contributed by atoms with van der Waals surface area (Å²) in [6, 6.07) is 0. The van der Waals surface area contributed by atoms with E-state index in [0.29, 0.717) is 6.61 Å².